The summed E-state index contributed by atoms with van der Waals surface area (Å²) in [7, 11) is 0. The number of amides is 1. The quantitative estimate of drug-likeness (QED) is 0.648. The topological polar surface area (TPSA) is 117 Å². The molecule has 0 radical (unpaired) electrons. The number of anilines is 2. The number of rotatable bonds is 5. The predicted molar refractivity (Wildman–Crippen MR) is 95.2 cm³/mol. The minimum Gasteiger partial charge on any atom is -0.447 e. The molecular formula is C17H15FN4O2S. The minimum absolute atomic E-state index is 0.00953. The van der Waals surface area contributed by atoms with Gasteiger partial charge >= 0.3 is 0 Å². The fraction of sp³-hybridized carbons (Fsp3) is 0.0588. The predicted octanol–water partition coefficient (Wildman–Crippen LogP) is 2.93. The number of carbonyl (C=O) groups is 1. The van der Waals surface area contributed by atoms with Crippen molar-refractivity contribution in [1.29, 1.82) is 0 Å². The number of nitrogens with zero attached hydrogens (tertiary/aromatic N) is 1. The SMILES string of the molecule is NC(=O)c1c(Cc2ccc(Oc3cccc(F)c3)s2)cc(N)nc1N. The fourth-order valence-corrected chi connectivity index (χ4v) is 3.30. The van der Waals surface area contributed by atoms with Gasteiger partial charge in [0.2, 0.25) is 0 Å². The molecule has 8 heteroatoms. The van der Waals surface area contributed by atoms with Crippen molar-refractivity contribution >= 4 is 28.9 Å². The number of halogens is 1. The summed E-state index contributed by atoms with van der Waals surface area (Å²) in [6, 6.07) is 11.1. The van der Waals surface area contributed by atoms with Crippen LogP contribution in [0.15, 0.2) is 42.5 Å². The van der Waals surface area contributed by atoms with Gasteiger partial charge in [-0.3, -0.25) is 4.79 Å². The van der Waals surface area contributed by atoms with Crippen molar-refractivity contribution in [3.8, 4) is 10.8 Å². The number of aromatic nitrogens is 1. The monoisotopic (exact) mass is 358 g/mol. The molecule has 2 aromatic heterocycles. The van der Waals surface area contributed by atoms with E-state index in [0.29, 0.717) is 22.8 Å². The molecule has 0 bridgehead atoms. The number of ether oxygens (including phenoxy) is 1. The number of nitrogens with two attached hydrogens (primary N) is 3. The van der Waals surface area contributed by atoms with Gasteiger partial charge in [-0.2, -0.15) is 0 Å². The summed E-state index contributed by atoms with van der Waals surface area (Å²) >= 11 is 1.36. The Labute approximate surface area is 147 Å². The molecule has 0 saturated carbocycles. The molecule has 0 unspecified atom stereocenters. The van der Waals surface area contributed by atoms with Crippen LogP contribution in [0.1, 0.15) is 20.8 Å². The van der Waals surface area contributed by atoms with Crippen LogP contribution in [0.2, 0.25) is 0 Å². The molecule has 0 aliphatic carbocycles. The molecule has 0 saturated heterocycles. The first kappa shape index (κ1) is 16.7. The summed E-state index contributed by atoms with van der Waals surface area (Å²) in [5.41, 5.74) is 17.6. The summed E-state index contributed by atoms with van der Waals surface area (Å²) in [5.74, 6) is -0.403. The van der Waals surface area contributed by atoms with Crippen molar-refractivity contribution in [2.45, 2.75) is 6.42 Å². The lowest BCUT2D eigenvalue weighted by Crippen LogP contribution is -2.18. The van der Waals surface area contributed by atoms with E-state index < -0.39 is 5.91 Å². The second kappa shape index (κ2) is 6.78. The Morgan fingerprint density at radius 3 is 2.72 bits per heavy atom. The summed E-state index contributed by atoms with van der Waals surface area (Å²) in [5, 5.41) is 0.594. The molecule has 1 aromatic carbocycles. The van der Waals surface area contributed by atoms with Crippen LogP contribution < -0.4 is 21.9 Å². The second-order valence-corrected chi connectivity index (χ2v) is 6.42. The summed E-state index contributed by atoms with van der Waals surface area (Å²) in [6.07, 6.45) is 0.395. The van der Waals surface area contributed by atoms with E-state index in [1.165, 1.54) is 23.5 Å². The Kier molecular flexibility index (Phi) is 4.53. The largest absolute Gasteiger partial charge is 0.447 e. The van der Waals surface area contributed by atoms with E-state index in [4.69, 9.17) is 21.9 Å². The maximum absolute atomic E-state index is 13.2. The molecule has 0 spiro atoms. The highest BCUT2D eigenvalue weighted by molar-refractivity contribution is 7.13. The number of thiophene rings is 1. The van der Waals surface area contributed by atoms with Gasteiger partial charge in [-0.15, -0.1) is 11.3 Å². The number of primary amides is 1. The van der Waals surface area contributed by atoms with Gasteiger partial charge in [-0.05, 0) is 35.9 Å². The molecule has 0 fully saturated rings. The van der Waals surface area contributed by atoms with E-state index in [-0.39, 0.29) is 23.0 Å². The number of hydrogen-bond donors (Lipinski definition) is 3. The normalized spacial score (nSPS) is 10.6. The van der Waals surface area contributed by atoms with Gasteiger partial charge in [0.1, 0.15) is 23.2 Å². The van der Waals surface area contributed by atoms with E-state index in [1.54, 1.807) is 24.3 Å². The van der Waals surface area contributed by atoms with Crippen LogP contribution in [0, 0.1) is 5.82 Å². The summed E-state index contributed by atoms with van der Waals surface area (Å²) in [4.78, 5) is 16.4. The van der Waals surface area contributed by atoms with Gasteiger partial charge < -0.3 is 21.9 Å². The number of benzene rings is 1. The smallest absolute Gasteiger partial charge is 0.252 e. The van der Waals surface area contributed by atoms with Crippen molar-refractivity contribution in [3.63, 3.8) is 0 Å². The average Bonchev–Trinajstić information content (AvgIpc) is 2.93. The van der Waals surface area contributed by atoms with Crippen LogP contribution >= 0.6 is 11.3 Å². The van der Waals surface area contributed by atoms with Crippen LogP contribution in [0.4, 0.5) is 16.0 Å². The van der Waals surface area contributed by atoms with Crippen molar-refractivity contribution in [1.82, 2.24) is 4.98 Å². The molecule has 0 aliphatic heterocycles. The first-order valence-corrected chi connectivity index (χ1v) is 8.11. The van der Waals surface area contributed by atoms with Crippen molar-refractivity contribution in [2.24, 2.45) is 5.73 Å². The van der Waals surface area contributed by atoms with E-state index in [1.807, 2.05) is 6.07 Å². The maximum Gasteiger partial charge on any atom is 0.252 e. The average molecular weight is 358 g/mol. The van der Waals surface area contributed by atoms with Gasteiger partial charge in [-0.25, -0.2) is 9.37 Å². The minimum atomic E-state index is -0.659. The molecule has 2 heterocycles. The Morgan fingerprint density at radius 1 is 1.20 bits per heavy atom. The van der Waals surface area contributed by atoms with Gasteiger partial charge in [-0.1, -0.05) is 6.07 Å². The zero-order valence-electron chi connectivity index (χ0n) is 13.0. The highest BCUT2D eigenvalue weighted by Gasteiger charge is 2.16. The van der Waals surface area contributed by atoms with Gasteiger partial charge in [0.25, 0.3) is 5.91 Å². The van der Waals surface area contributed by atoms with Crippen LogP contribution in [0.5, 0.6) is 10.8 Å². The molecule has 25 heavy (non-hydrogen) atoms. The van der Waals surface area contributed by atoms with E-state index in [9.17, 15) is 9.18 Å². The molecule has 6 N–H and O–H groups in total. The van der Waals surface area contributed by atoms with Crippen molar-refractivity contribution < 1.29 is 13.9 Å². The zero-order chi connectivity index (χ0) is 18.0. The van der Waals surface area contributed by atoms with Crippen LogP contribution in [-0.4, -0.2) is 10.9 Å². The van der Waals surface area contributed by atoms with Gasteiger partial charge in [0, 0.05) is 17.4 Å². The number of hydrogen-bond acceptors (Lipinski definition) is 6. The highest BCUT2D eigenvalue weighted by atomic mass is 32.1. The number of pyridine rings is 1. The maximum atomic E-state index is 13.2. The zero-order valence-corrected chi connectivity index (χ0v) is 13.8. The Bertz CT molecular complexity index is 942. The second-order valence-electron chi connectivity index (χ2n) is 5.29. The van der Waals surface area contributed by atoms with E-state index in [2.05, 4.69) is 4.98 Å². The summed E-state index contributed by atoms with van der Waals surface area (Å²) in [6.45, 7) is 0. The van der Waals surface area contributed by atoms with Crippen LogP contribution in [-0.2, 0) is 6.42 Å². The lowest BCUT2D eigenvalue weighted by Gasteiger charge is -2.09. The molecule has 0 aliphatic rings. The molecule has 1 amide bonds. The third kappa shape index (κ3) is 3.86. The van der Waals surface area contributed by atoms with Gasteiger partial charge in [0.05, 0.1) is 5.56 Å². The number of carbonyl (C=O) groups excluding carboxylic acids is 1. The van der Waals surface area contributed by atoms with Crippen molar-refractivity contribution in [2.75, 3.05) is 11.5 Å². The van der Waals surface area contributed by atoms with Crippen LogP contribution in [0.25, 0.3) is 0 Å². The van der Waals surface area contributed by atoms with Crippen LogP contribution in [0.3, 0.4) is 0 Å². The first-order valence-electron chi connectivity index (χ1n) is 7.29. The lowest BCUT2D eigenvalue weighted by molar-refractivity contribution is 0.1000. The third-order valence-electron chi connectivity index (χ3n) is 3.41. The molecule has 128 valence electrons. The van der Waals surface area contributed by atoms with Crippen molar-refractivity contribution in [3.05, 3.63) is 64.3 Å². The molecule has 0 atom stereocenters. The third-order valence-corrected chi connectivity index (χ3v) is 4.37. The highest BCUT2D eigenvalue weighted by Crippen LogP contribution is 2.32. The fourth-order valence-electron chi connectivity index (χ4n) is 2.41. The molecule has 6 nitrogen and oxygen atoms in total. The first-order chi connectivity index (χ1) is 11.9. The Hall–Kier alpha value is -3.13. The van der Waals surface area contributed by atoms with E-state index in [0.717, 1.165) is 4.88 Å². The standard InChI is InChI=1S/C17H15FN4O2S/c18-10-2-1-3-11(8-10)24-14-5-4-12(25-14)6-9-7-13(19)22-16(20)15(9)17(21)23/h1-5,7-8H,6H2,(H2,21,23)(H4,19,20,22). The lowest BCUT2D eigenvalue weighted by atomic mass is 10.0. The van der Waals surface area contributed by atoms with Gasteiger partial charge in [0.15, 0.2) is 5.06 Å². The molecule has 3 aromatic rings. The molecule has 3 rings (SSSR count). The Balaban J connectivity index is 1.83. The summed E-state index contributed by atoms with van der Waals surface area (Å²) < 4.78 is 18.8. The Morgan fingerprint density at radius 2 is 2.00 bits per heavy atom. The van der Waals surface area contributed by atoms with E-state index >= 15 is 0 Å². The molecular weight excluding hydrogens is 343 g/mol. The number of nitrogen functional groups attached to an aromatic ring is 2.